The summed E-state index contributed by atoms with van der Waals surface area (Å²) in [6.45, 7) is 0. The Morgan fingerprint density at radius 1 is 1.24 bits per heavy atom. The number of rotatable bonds is 3. The van der Waals surface area contributed by atoms with E-state index in [1.54, 1.807) is 0 Å². The minimum Gasteiger partial charge on any atom is -0.468 e. The normalized spacial score (nSPS) is 12.4. The largest absolute Gasteiger partial charge is 0.468 e. The molecule has 17 heavy (non-hydrogen) atoms. The Labute approximate surface area is 109 Å². The number of hydrogen-bond acceptors (Lipinski definition) is 2. The molecule has 0 saturated carbocycles. The average Bonchev–Trinajstić information content (AvgIpc) is 2.38. The molecule has 0 bridgehead atoms. The van der Waals surface area contributed by atoms with E-state index in [2.05, 4.69) is 34.1 Å². The van der Waals surface area contributed by atoms with Crippen molar-refractivity contribution in [1.29, 1.82) is 0 Å². The molecule has 2 rings (SSSR count). The topological polar surface area (TPSA) is 26.3 Å². The molecule has 0 saturated heterocycles. The van der Waals surface area contributed by atoms with Crippen molar-refractivity contribution in [1.82, 2.24) is 0 Å². The first-order chi connectivity index (χ1) is 8.22. The number of methoxy groups -OCH3 is 1. The van der Waals surface area contributed by atoms with Gasteiger partial charge in [0.2, 0.25) is 0 Å². The van der Waals surface area contributed by atoms with Crippen LogP contribution in [-0.4, -0.2) is 17.9 Å². The third kappa shape index (κ3) is 2.67. The van der Waals surface area contributed by atoms with Crippen LogP contribution in [0.2, 0.25) is 0 Å². The van der Waals surface area contributed by atoms with Gasteiger partial charge >= 0.3 is 5.97 Å². The smallest absolute Gasteiger partial charge is 0.319 e. The van der Waals surface area contributed by atoms with Crippen LogP contribution < -0.4 is 0 Å². The van der Waals surface area contributed by atoms with Gasteiger partial charge in [0.25, 0.3) is 0 Å². The van der Waals surface area contributed by atoms with Gasteiger partial charge in [-0.3, -0.25) is 4.79 Å². The second-order valence-electron chi connectivity index (χ2n) is 3.83. The van der Waals surface area contributed by atoms with Crippen molar-refractivity contribution in [2.45, 2.75) is 11.2 Å². The number of hydrogen-bond donors (Lipinski definition) is 0. The van der Waals surface area contributed by atoms with E-state index in [0.29, 0.717) is 6.42 Å². The quantitative estimate of drug-likeness (QED) is 0.641. The summed E-state index contributed by atoms with van der Waals surface area (Å²) >= 11 is 3.35. The number of fused-ring (bicyclic) bond motifs is 1. The van der Waals surface area contributed by atoms with Crippen LogP contribution >= 0.6 is 15.9 Å². The molecule has 0 amide bonds. The van der Waals surface area contributed by atoms with Crippen molar-refractivity contribution in [2.24, 2.45) is 0 Å². The molecule has 2 aromatic rings. The highest BCUT2D eigenvalue weighted by atomic mass is 79.9. The van der Waals surface area contributed by atoms with E-state index in [9.17, 15) is 4.79 Å². The molecule has 3 heteroatoms. The van der Waals surface area contributed by atoms with E-state index in [-0.39, 0.29) is 10.8 Å². The van der Waals surface area contributed by atoms with Crippen LogP contribution in [0.3, 0.4) is 0 Å². The fraction of sp³-hybridized carbons (Fsp3) is 0.214. The van der Waals surface area contributed by atoms with Crippen molar-refractivity contribution in [3.8, 4) is 0 Å². The summed E-state index contributed by atoms with van der Waals surface area (Å²) in [6, 6.07) is 14.3. The molecule has 0 aliphatic heterocycles. The van der Waals surface area contributed by atoms with E-state index >= 15 is 0 Å². The van der Waals surface area contributed by atoms with Gasteiger partial charge in [-0.2, -0.15) is 0 Å². The van der Waals surface area contributed by atoms with Crippen LogP contribution in [0.15, 0.2) is 42.5 Å². The second-order valence-corrected chi connectivity index (χ2v) is 4.94. The Morgan fingerprint density at radius 3 is 2.71 bits per heavy atom. The highest BCUT2D eigenvalue weighted by Gasteiger charge is 2.16. The molecule has 0 N–H and O–H groups in total. The van der Waals surface area contributed by atoms with E-state index < -0.39 is 0 Å². The summed E-state index contributed by atoms with van der Waals surface area (Å²) < 4.78 is 4.71. The molecule has 2 nitrogen and oxygen atoms in total. The number of alkyl halides is 1. The molecule has 88 valence electrons. The fourth-order valence-corrected chi connectivity index (χ4v) is 2.41. The third-order valence-corrected chi connectivity index (χ3v) is 3.43. The Bertz CT molecular complexity index is 531. The molecule has 0 heterocycles. The van der Waals surface area contributed by atoms with E-state index in [1.165, 1.54) is 17.9 Å². The maximum absolute atomic E-state index is 11.4. The lowest BCUT2D eigenvalue weighted by atomic mass is 10.0. The summed E-state index contributed by atoms with van der Waals surface area (Å²) in [7, 11) is 1.40. The van der Waals surface area contributed by atoms with Gasteiger partial charge in [0.05, 0.1) is 7.11 Å². The number of carbonyl (C=O) groups is 1. The predicted octanol–water partition coefficient (Wildman–Crippen LogP) is 3.32. The number of carbonyl (C=O) groups excluding carboxylic acids is 1. The predicted molar refractivity (Wildman–Crippen MR) is 72.4 cm³/mol. The van der Waals surface area contributed by atoms with Gasteiger partial charge in [0, 0.05) is 0 Å². The molecule has 0 aliphatic rings. The lowest BCUT2D eigenvalue weighted by molar-refractivity contribution is -0.139. The molecule has 2 aromatic carbocycles. The van der Waals surface area contributed by atoms with Gasteiger partial charge in [-0.15, -0.1) is 0 Å². The second kappa shape index (κ2) is 5.32. The maximum Gasteiger partial charge on any atom is 0.319 e. The molecule has 0 aliphatic carbocycles. The van der Waals surface area contributed by atoms with Crippen molar-refractivity contribution >= 4 is 32.7 Å². The lowest BCUT2D eigenvalue weighted by Crippen LogP contribution is -2.18. The first-order valence-electron chi connectivity index (χ1n) is 5.41. The van der Waals surface area contributed by atoms with Crippen LogP contribution in [0, 0.1) is 0 Å². The third-order valence-electron chi connectivity index (χ3n) is 2.74. The van der Waals surface area contributed by atoms with Gasteiger partial charge in [-0.25, -0.2) is 0 Å². The molecule has 0 aromatic heterocycles. The molecule has 1 atom stereocenters. The minimum atomic E-state index is -0.293. The number of benzene rings is 2. The molecule has 0 radical (unpaired) electrons. The molecular weight excluding hydrogens is 280 g/mol. The summed E-state index contributed by atoms with van der Waals surface area (Å²) in [4.78, 5) is 11.1. The first-order valence-corrected chi connectivity index (χ1v) is 6.32. The monoisotopic (exact) mass is 292 g/mol. The zero-order chi connectivity index (χ0) is 12.3. The van der Waals surface area contributed by atoms with E-state index in [0.717, 1.165) is 5.56 Å². The maximum atomic E-state index is 11.4. The van der Waals surface area contributed by atoms with Crippen LogP contribution in [0.4, 0.5) is 0 Å². The zero-order valence-corrected chi connectivity index (χ0v) is 11.1. The Hall–Kier alpha value is -1.35. The highest BCUT2D eigenvalue weighted by Crippen LogP contribution is 2.21. The SMILES string of the molecule is COC(=O)C(Br)Cc1cccc2ccccc12. The highest BCUT2D eigenvalue weighted by molar-refractivity contribution is 9.10. The summed E-state index contributed by atoms with van der Waals surface area (Å²) in [5, 5.41) is 2.37. The van der Waals surface area contributed by atoms with Gasteiger partial charge in [0.15, 0.2) is 0 Å². The minimum absolute atomic E-state index is 0.238. The molecule has 0 fully saturated rings. The fourth-order valence-electron chi connectivity index (χ4n) is 1.87. The van der Waals surface area contributed by atoms with Crippen LogP contribution in [-0.2, 0) is 16.0 Å². The van der Waals surface area contributed by atoms with Gasteiger partial charge in [-0.1, -0.05) is 58.4 Å². The lowest BCUT2D eigenvalue weighted by Gasteiger charge is -2.10. The van der Waals surface area contributed by atoms with E-state index in [4.69, 9.17) is 4.74 Å². The Kier molecular flexibility index (Phi) is 3.79. The zero-order valence-electron chi connectivity index (χ0n) is 9.52. The Morgan fingerprint density at radius 2 is 1.94 bits per heavy atom. The van der Waals surface area contributed by atoms with Gasteiger partial charge in [0.1, 0.15) is 4.83 Å². The van der Waals surface area contributed by atoms with Crippen molar-refractivity contribution < 1.29 is 9.53 Å². The van der Waals surface area contributed by atoms with Gasteiger partial charge < -0.3 is 4.74 Å². The summed E-state index contributed by atoms with van der Waals surface area (Å²) in [6.07, 6.45) is 0.633. The average molecular weight is 293 g/mol. The van der Waals surface area contributed by atoms with Crippen LogP contribution in [0.25, 0.3) is 10.8 Å². The first kappa shape index (κ1) is 12.1. The number of esters is 1. The summed E-state index contributed by atoms with van der Waals surface area (Å²) in [5.74, 6) is -0.238. The molecule has 0 spiro atoms. The Balaban J connectivity index is 2.33. The van der Waals surface area contributed by atoms with E-state index in [1.807, 2.05) is 24.3 Å². The summed E-state index contributed by atoms with van der Waals surface area (Å²) in [5.41, 5.74) is 1.15. The van der Waals surface area contributed by atoms with Crippen molar-refractivity contribution in [3.63, 3.8) is 0 Å². The van der Waals surface area contributed by atoms with Crippen molar-refractivity contribution in [2.75, 3.05) is 7.11 Å². The van der Waals surface area contributed by atoms with Crippen LogP contribution in [0.5, 0.6) is 0 Å². The standard InChI is InChI=1S/C14H13BrO2/c1-17-14(16)13(15)9-11-7-4-6-10-5-2-3-8-12(10)11/h2-8,13H,9H2,1H3. The number of halogens is 1. The number of ether oxygens (including phenoxy) is 1. The van der Waals surface area contributed by atoms with Crippen LogP contribution in [0.1, 0.15) is 5.56 Å². The molecular formula is C14H13BrO2. The molecule has 1 unspecified atom stereocenters. The van der Waals surface area contributed by atoms with Gasteiger partial charge in [-0.05, 0) is 22.8 Å². The van der Waals surface area contributed by atoms with Crippen molar-refractivity contribution in [3.05, 3.63) is 48.0 Å².